The second-order valence-corrected chi connectivity index (χ2v) is 23.3. The molecule has 0 radical (unpaired) electrons. The van der Waals surface area contributed by atoms with E-state index in [2.05, 4.69) is 80.9 Å². The molecular formula is C52H84N6O7Si. The van der Waals surface area contributed by atoms with E-state index in [1.54, 1.807) is 12.3 Å². The molecule has 0 aliphatic heterocycles. The topological polar surface area (TPSA) is 162 Å². The van der Waals surface area contributed by atoms with Crippen LogP contribution in [-0.2, 0) is 29.5 Å². The Morgan fingerprint density at radius 2 is 1.18 bits per heavy atom. The summed E-state index contributed by atoms with van der Waals surface area (Å²) in [6.45, 7) is 29.7. The van der Waals surface area contributed by atoms with Gasteiger partial charge in [0.05, 0.1) is 18.7 Å². The first-order valence-electron chi connectivity index (χ1n) is 24.8. The molecule has 66 heavy (non-hydrogen) atoms. The van der Waals surface area contributed by atoms with Gasteiger partial charge < -0.3 is 38.3 Å². The van der Waals surface area contributed by atoms with Crippen molar-refractivity contribution in [2.75, 3.05) is 38.3 Å². The molecule has 0 saturated heterocycles. The predicted molar refractivity (Wildman–Crippen MR) is 271 cm³/mol. The fourth-order valence-corrected chi connectivity index (χ4v) is 10.7. The predicted octanol–water partition coefficient (Wildman–Crippen LogP) is 12.4. The maximum atomic E-state index is 11.7. The van der Waals surface area contributed by atoms with Crippen LogP contribution in [0.3, 0.4) is 0 Å². The third kappa shape index (κ3) is 16.6. The molecule has 0 bridgehead atoms. The summed E-state index contributed by atoms with van der Waals surface area (Å²) in [5, 5.41) is 26.5. The van der Waals surface area contributed by atoms with Gasteiger partial charge in [0.15, 0.2) is 0 Å². The van der Waals surface area contributed by atoms with Crippen LogP contribution in [0.2, 0.25) is 6.04 Å². The molecule has 0 unspecified atom stereocenters. The lowest BCUT2D eigenvalue weighted by Crippen LogP contribution is -2.46. The molecule has 13 nitrogen and oxygen atoms in total. The third-order valence-electron chi connectivity index (χ3n) is 11.8. The molecule has 1 aromatic heterocycles. The van der Waals surface area contributed by atoms with Crippen LogP contribution in [0.5, 0.6) is 29.3 Å². The number of anilines is 1. The van der Waals surface area contributed by atoms with E-state index in [0.717, 1.165) is 61.6 Å². The van der Waals surface area contributed by atoms with Gasteiger partial charge in [-0.25, -0.2) is 0 Å². The molecule has 2 atom stereocenters. The smallest absolute Gasteiger partial charge is 0.500 e. The molecule has 1 heterocycles. The highest BCUT2D eigenvalue weighted by molar-refractivity contribution is 6.60. The Balaban J connectivity index is 1.63. The summed E-state index contributed by atoms with van der Waals surface area (Å²) >= 11 is 0. The van der Waals surface area contributed by atoms with Crippen LogP contribution in [0.1, 0.15) is 188 Å². The molecule has 3 aromatic rings. The van der Waals surface area contributed by atoms with Crippen molar-refractivity contribution in [1.29, 1.82) is 0 Å². The van der Waals surface area contributed by atoms with Gasteiger partial charge in [0.2, 0.25) is 5.95 Å². The second-order valence-electron chi connectivity index (χ2n) is 20.6. The van der Waals surface area contributed by atoms with E-state index in [0.29, 0.717) is 68.3 Å². The van der Waals surface area contributed by atoms with Crippen molar-refractivity contribution in [3.63, 3.8) is 0 Å². The number of benzene rings is 2. The minimum atomic E-state index is -2.82. The van der Waals surface area contributed by atoms with Crippen molar-refractivity contribution in [2.45, 2.75) is 195 Å². The number of ether oxygens (including phenoxy) is 2. The van der Waals surface area contributed by atoms with E-state index in [-0.39, 0.29) is 46.4 Å². The Labute approximate surface area is 398 Å². The van der Waals surface area contributed by atoms with Crippen LogP contribution >= 0.6 is 0 Å². The molecular weight excluding hydrogens is 849 g/mol. The average molecular weight is 933 g/mol. The number of aromatic hydroxyl groups is 2. The van der Waals surface area contributed by atoms with Gasteiger partial charge in [0, 0.05) is 67.1 Å². The van der Waals surface area contributed by atoms with Gasteiger partial charge in [-0.3, -0.25) is 9.98 Å². The Kier molecular flexibility index (Phi) is 20.9. The van der Waals surface area contributed by atoms with Crippen LogP contribution < -0.4 is 14.8 Å². The van der Waals surface area contributed by atoms with Crippen LogP contribution in [0.4, 0.5) is 5.95 Å². The van der Waals surface area contributed by atoms with E-state index in [1.165, 1.54) is 19.3 Å². The summed E-state index contributed by atoms with van der Waals surface area (Å²) in [6.07, 6.45) is 14.9. The molecule has 14 heteroatoms. The molecule has 1 saturated carbocycles. The zero-order valence-electron chi connectivity index (χ0n) is 42.8. The maximum absolute atomic E-state index is 11.7. The lowest BCUT2D eigenvalue weighted by Gasteiger charge is -2.28. The minimum absolute atomic E-state index is 0.0654. The molecule has 4 rings (SSSR count). The van der Waals surface area contributed by atoms with Crippen molar-refractivity contribution in [1.82, 2.24) is 15.0 Å². The number of hydrogen-bond donors (Lipinski definition) is 3. The highest BCUT2D eigenvalue weighted by atomic mass is 28.4. The number of nitrogens with one attached hydrogen (secondary N) is 1. The molecule has 368 valence electrons. The van der Waals surface area contributed by atoms with Gasteiger partial charge in [-0.05, 0) is 86.5 Å². The number of aliphatic imine (C=N–C) groups is 2. The maximum Gasteiger partial charge on any atom is 0.500 e. The molecule has 0 amide bonds. The fraction of sp³-hybridized carbons (Fsp3) is 0.673. The largest absolute Gasteiger partial charge is 0.507 e. The number of rotatable bonds is 25. The highest BCUT2D eigenvalue weighted by Gasteiger charge is 2.39. The summed E-state index contributed by atoms with van der Waals surface area (Å²) in [5.41, 5.74) is 3.23. The summed E-state index contributed by atoms with van der Waals surface area (Å²) in [5.74, 6) is 1.18. The molecule has 1 aliphatic carbocycles. The number of aromatic nitrogens is 3. The van der Waals surface area contributed by atoms with Crippen LogP contribution in [0, 0.1) is 0 Å². The van der Waals surface area contributed by atoms with Crippen LogP contribution in [0.25, 0.3) is 0 Å². The number of phenols is 2. The normalized spacial score (nSPS) is 16.4. The zero-order chi connectivity index (χ0) is 48.5. The number of phenolic OH excluding ortho intramolecular Hbond substituents is 2. The first-order valence-corrected chi connectivity index (χ1v) is 26.7. The third-order valence-corrected chi connectivity index (χ3v) is 15.0. The second kappa shape index (κ2) is 25.3. The zero-order valence-corrected chi connectivity index (χ0v) is 43.8. The Morgan fingerprint density at radius 1 is 0.652 bits per heavy atom. The van der Waals surface area contributed by atoms with Gasteiger partial charge in [0.1, 0.15) is 17.2 Å². The Bertz CT molecular complexity index is 2010. The first-order chi connectivity index (χ1) is 31.2. The summed E-state index contributed by atoms with van der Waals surface area (Å²) in [4.78, 5) is 24.0. The summed E-state index contributed by atoms with van der Waals surface area (Å²) in [6, 6.07) is 8.47. The van der Waals surface area contributed by atoms with Gasteiger partial charge >= 0.3 is 20.8 Å². The van der Waals surface area contributed by atoms with Crippen LogP contribution in [-0.4, -0.2) is 91.5 Å². The first kappa shape index (κ1) is 54.5. The van der Waals surface area contributed by atoms with E-state index >= 15 is 0 Å². The Morgan fingerprint density at radius 3 is 1.73 bits per heavy atom. The quantitative estimate of drug-likeness (QED) is 0.0421. The molecule has 3 N–H and O–H groups in total. The van der Waals surface area contributed by atoms with Crippen molar-refractivity contribution < 1.29 is 33.0 Å². The Hall–Kier alpha value is -4.11. The molecule has 0 spiro atoms. The fourth-order valence-electron chi connectivity index (χ4n) is 8.09. The minimum Gasteiger partial charge on any atom is -0.507 e. The van der Waals surface area contributed by atoms with Gasteiger partial charge in [0.25, 0.3) is 0 Å². The monoisotopic (exact) mass is 933 g/mol. The van der Waals surface area contributed by atoms with Crippen molar-refractivity contribution in [2.24, 2.45) is 9.98 Å². The molecule has 1 aliphatic rings. The highest BCUT2D eigenvalue weighted by Crippen LogP contribution is 2.39. The van der Waals surface area contributed by atoms with E-state index in [1.807, 2.05) is 53.8 Å². The lowest BCUT2D eigenvalue weighted by atomic mass is 9.79. The average Bonchev–Trinajstić information content (AvgIpc) is 3.24. The van der Waals surface area contributed by atoms with Gasteiger partial charge in [-0.1, -0.05) is 120 Å². The van der Waals surface area contributed by atoms with Crippen molar-refractivity contribution in [3.05, 3.63) is 52.1 Å². The standard InChI is InChI=1S/C52H84N6O7Si/c1-14-18-19-20-21-24-29-61-48-56-47(53-28-25-30-66(62-15-2,63-16-3)64-17-4)57-49(58-48)65-40-32-38(46(60)42(34-40)52(11,12)13)36-55-44-27-23-22-26-43(44)54-35-37-31-39(50(5,6)7)33-41(45(37)59)51(8,9)10/h31-36,43-44,59-60H,14-30H2,1-13H3,(H,53,56,57,58)/t43-,44-/m0/s1. The van der Waals surface area contributed by atoms with Crippen molar-refractivity contribution >= 4 is 27.2 Å². The number of hydrogen-bond acceptors (Lipinski definition) is 13. The van der Waals surface area contributed by atoms with E-state index in [9.17, 15) is 10.2 Å². The van der Waals surface area contributed by atoms with Gasteiger partial charge in [-0.15, -0.1) is 4.98 Å². The SMILES string of the molecule is CCCCCCCCOc1nc(NCCC[Si](OCC)(OCC)OCC)nc(Oc2cc(C=N[C@H]3CCCC[C@@H]3N=Cc3cc(C(C)(C)C)cc(C(C)(C)C)c3O)c(O)c(C(C)(C)C)c2)n1. The van der Waals surface area contributed by atoms with Gasteiger partial charge in [-0.2, -0.15) is 9.97 Å². The van der Waals surface area contributed by atoms with Crippen molar-refractivity contribution in [3.8, 4) is 29.3 Å². The molecule has 1 fully saturated rings. The summed E-state index contributed by atoms with van der Waals surface area (Å²) < 4.78 is 30.7. The lowest BCUT2D eigenvalue weighted by molar-refractivity contribution is 0.0710. The summed E-state index contributed by atoms with van der Waals surface area (Å²) in [7, 11) is -2.82. The van der Waals surface area contributed by atoms with E-state index in [4.69, 9.17) is 32.7 Å². The number of unbranched alkanes of at least 4 members (excludes halogenated alkanes) is 5. The van der Waals surface area contributed by atoms with Crippen LogP contribution in [0.15, 0.2) is 34.3 Å². The molecule has 2 aromatic carbocycles. The number of nitrogens with zero attached hydrogens (tertiary/aromatic N) is 5. The van der Waals surface area contributed by atoms with E-state index < -0.39 is 14.2 Å².